The van der Waals surface area contributed by atoms with Crippen molar-refractivity contribution in [3.8, 4) is 27.9 Å². The number of fused-ring (bicyclic) bond motifs is 3. The third-order valence-corrected chi connectivity index (χ3v) is 7.57. The highest BCUT2D eigenvalue weighted by Crippen LogP contribution is 2.36. The van der Waals surface area contributed by atoms with E-state index in [2.05, 4.69) is 156 Å². The van der Waals surface area contributed by atoms with Crippen molar-refractivity contribution in [2.45, 2.75) is 0 Å². The van der Waals surface area contributed by atoms with Crippen molar-refractivity contribution in [3.05, 3.63) is 158 Å². The first-order chi connectivity index (χ1) is 19.8. The minimum atomic E-state index is 1.06. The van der Waals surface area contributed by atoms with Crippen molar-refractivity contribution in [1.82, 2.24) is 4.57 Å². The van der Waals surface area contributed by atoms with Crippen molar-refractivity contribution in [1.29, 1.82) is 0 Å². The van der Waals surface area contributed by atoms with Gasteiger partial charge in [0, 0.05) is 33.4 Å². The van der Waals surface area contributed by atoms with Crippen molar-refractivity contribution >= 4 is 39.3 Å². The molecule has 0 unspecified atom stereocenters. The number of hydrogen-bond donors (Lipinski definition) is 1. The van der Waals surface area contributed by atoms with Gasteiger partial charge in [0.05, 0.1) is 11.0 Å². The van der Waals surface area contributed by atoms with Crippen LogP contribution in [0.2, 0.25) is 0 Å². The van der Waals surface area contributed by atoms with Gasteiger partial charge in [-0.1, -0.05) is 110 Å². The lowest BCUT2D eigenvalue weighted by molar-refractivity contribution is 1.18. The summed E-state index contributed by atoms with van der Waals surface area (Å²) >= 11 is 0. The smallest absolute Gasteiger partial charge is 0.0541 e. The van der Waals surface area contributed by atoms with Gasteiger partial charge in [-0.05, 0) is 70.8 Å². The van der Waals surface area contributed by atoms with Crippen LogP contribution in [-0.4, -0.2) is 4.57 Å². The summed E-state index contributed by atoms with van der Waals surface area (Å²) < 4.78 is 2.35. The summed E-state index contributed by atoms with van der Waals surface area (Å²) in [6, 6.07) is 51.6. The van der Waals surface area contributed by atoms with Crippen LogP contribution in [0.4, 0.5) is 11.4 Å². The minimum Gasteiger partial charge on any atom is -0.355 e. The number of benzene rings is 6. The third-order valence-electron chi connectivity index (χ3n) is 7.57. The average Bonchev–Trinajstić information content (AvgIpc) is 3.36. The largest absolute Gasteiger partial charge is 0.355 e. The molecule has 2 nitrogen and oxygen atoms in total. The Morgan fingerprint density at radius 1 is 0.525 bits per heavy atom. The molecule has 1 aromatic heterocycles. The maximum absolute atomic E-state index is 3.89. The molecular weight excluding hydrogens is 484 g/mol. The monoisotopic (exact) mass is 512 g/mol. The molecule has 7 aromatic rings. The zero-order valence-corrected chi connectivity index (χ0v) is 22.1. The van der Waals surface area contributed by atoms with Crippen molar-refractivity contribution in [3.63, 3.8) is 0 Å². The summed E-state index contributed by atoms with van der Waals surface area (Å²) in [5.74, 6) is 0. The van der Waals surface area contributed by atoms with Gasteiger partial charge in [-0.3, -0.25) is 0 Å². The van der Waals surface area contributed by atoms with E-state index in [0.717, 1.165) is 22.6 Å². The highest BCUT2D eigenvalue weighted by Gasteiger charge is 2.13. The fourth-order valence-electron chi connectivity index (χ4n) is 5.55. The van der Waals surface area contributed by atoms with E-state index in [4.69, 9.17) is 0 Å². The van der Waals surface area contributed by atoms with Crippen LogP contribution in [0.15, 0.2) is 152 Å². The summed E-state index contributed by atoms with van der Waals surface area (Å²) in [5, 5.41) is 6.13. The summed E-state index contributed by atoms with van der Waals surface area (Å²) in [6.45, 7) is 3.89. The van der Waals surface area contributed by atoms with E-state index in [1.54, 1.807) is 0 Å². The number of para-hydroxylation sites is 2. The normalized spacial score (nSPS) is 11.1. The topological polar surface area (TPSA) is 17.0 Å². The van der Waals surface area contributed by atoms with Crippen molar-refractivity contribution < 1.29 is 0 Å². The van der Waals surface area contributed by atoms with Gasteiger partial charge in [-0.25, -0.2) is 0 Å². The molecular formula is C38H28N2. The Hall–Kier alpha value is -5.34. The second kappa shape index (κ2) is 10.1. The second-order valence-corrected chi connectivity index (χ2v) is 9.99. The van der Waals surface area contributed by atoms with Gasteiger partial charge in [0.1, 0.15) is 0 Å². The molecule has 0 aliphatic heterocycles. The number of nitrogens with one attached hydrogen (secondary N) is 1. The maximum atomic E-state index is 3.89. The molecule has 0 bridgehead atoms. The van der Waals surface area contributed by atoms with Crippen LogP contribution >= 0.6 is 0 Å². The number of rotatable bonds is 6. The zero-order valence-electron chi connectivity index (χ0n) is 22.1. The van der Waals surface area contributed by atoms with E-state index in [1.165, 1.54) is 44.1 Å². The van der Waals surface area contributed by atoms with Crippen LogP contribution in [0, 0.1) is 0 Å². The third kappa shape index (κ3) is 4.26. The first-order valence-electron chi connectivity index (χ1n) is 13.6. The Labute approximate surface area is 234 Å². The van der Waals surface area contributed by atoms with Gasteiger partial charge in [0.2, 0.25) is 0 Å². The van der Waals surface area contributed by atoms with E-state index >= 15 is 0 Å². The maximum Gasteiger partial charge on any atom is 0.0541 e. The molecule has 2 heteroatoms. The molecule has 0 aliphatic carbocycles. The Kier molecular flexibility index (Phi) is 5.99. The van der Waals surface area contributed by atoms with Gasteiger partial charge < -0.3 is 9.88 Å². The summed E-state index contributed by atoms with van der Waals surface area (Å²) in [6.07, 6.45) is 1.88. The Balaban J connectivity index is 1.24. The standard InChI is InChI=1S/C38H28N2/c1-2-27-16-23-32(24-17-27)40-37-15-9-7-13-34(37)35-26-30(20-25-38(35)40)28-18-21-31(22-19-28)39-36-14-8-6-12-33(36)29-10-4-3-5-11-29/h2-26,39H,1H2. The zero-order chi connectivity index (χ0) is 26.9. The van der Waals surface area contributed by atoms with Gasteiger partial charge >= 0.3 is 0 Å². The molecule has 0 fully saturated rings. The molecule has 0 aliphatic rings. The molecule has 1 heterocycles. The first-order valence-corrected chi connectivity index (χ1v) is 13.6. The van der Waals surface area contributed by atoms with Gasteiger partial charge in [0.25, 0.3) is 0 Å². The van der Waals surface area contributed by atoms with Gasteiger partial charge in [-0.15, -0.1) is 0 Å². The highest BCUT2D eigenvalue weighted by molar-refractivity contribution is 6.10. The average molecular weight is 513 g/mol. The van der Waals surface area contributed by atoms with E-state index in [-0.39, 0.29) is 0 Å². The quantitative estimate of drug-likeness (QED) is 0.234. The molecule has 7 rings (SSSR count). The summed E-state index contributed by atoms with van der Waals surface area (Å²) in [7, 11) is 0. The van der Waals surface area contributed by atoms with Crippen LogP contribution in [0.1, 0.15) is 5.56 Å². The molecule has 190 valence electrons. The van der Waals surface area contributed by atoms with Crippen LogP contribution in [0.5, 0.6) is 0 Å². The molecule has 6 aromatic carbocycles. The lowest BCUT2D eigenvalue weighted by Gasteiger charge is -2.13. The summed E-state index contributed by atoms with van der Waals surface area (Å²) in [5.41, 5.74) is 11.6. The van der Waals surface area contributed by atoms with E-state index in [9.17, 15) is 0 Å². The lowest BCUT2D eigenvalue weighted by Crippen LogP contribution is -1.94. The predicted molar refractivity (Wildman–Crippen MR) is 171 cm³/mol. The van der Waals surface area contributed by atoms with E-state index in [1.807, 2.05) is 12.1 Å². The number of aromatic nitrogens is 1. The second-order valence-electron chi connectivity index (χ2n) is 9.99. The van der Waals surface area contributed by atoms with Crippen LogP contribution in [0.25, 0.3) is 55.8 Å². The Bertz CT molecular complexity index is 1960. The SMILES string of the molecule is C=Cc1ccc(-n2c3ccccc3c3cc(-c4ccc(Nc5ccccc5-c5ccccc5)cc4)ccc32)cc1. The van der Waals surface area contributed by atoms with Crippen LogP contribution in [0.3, 0.4) is 0 Å². The fourth-order valence-corrected chi connectivity index (χ4v) is 5.55. The van der Waals surface area contributed by atoms with Crippen LogP contribution < -0.4 is 5.32 Å². The Morgan fingerprint density at radius 3 is 2.00 bits per heavy atom. The Morgan fingerprint density at radius 2 is 1.20 bits per heavy atom. The fraction of sp³-hybridized carbons (Fsp3) is 0. The van der Waals surface area contributed by atoms with E-state index in [0.29, 0.717) is 0 Å². The molecule has 0 spiro atoms. The van der Waals surface area contributed by atoms with Crippen molar-refractivity contribution in [2.75, 3.05) is 5.32 Å². The minimum absolute atomic E-state index is 1.06. The lowest BCUT2D eigenvalue weighted by atomic mass is 10.0. The molecule has 0 atom stereocenters. The molecule has 0 saturated heterocycles. The van der Waals surface area contributed by atoms with Gasteiger partial charge in [0.15, 0.2) is 0 Å². The molecule has 0 amide bonds. The highest BCUT2D eigenvalue weighted by atomic mass is 15.0. The van der Waals surface area contributed by atoms with Crippen LogP contribution in [-0.2, 0) is 0 Å². The molecule has 1 N–H and O–H groups in total. The predicted octanol–water partition coefficient (Wildman–Crippen LogP) is 10.5. The molecule has 0 radical (unpaired) electrons. The van der Waals surface area contributed by atoms with E-state index < -0.39 is 0 Å². The van der Waals surface area contributed by atoms with Gasteiger partial charge in [-0.2, -0.15) is 0 Å². The number of anilines is 2. The number of hydrogen-bond acceptors (Lipinski definition) is 1. The molecule has 0 saturated carbocycles. The number of nitrogens with zero attached hydrogens (tertiary/aromatic N) is 1. The molecule has 40 heavy (non-hydrogen) atoms. The summed E-state index contributed by atoms with van der Waals surface area (Å²) in [4.78, 5) is 0. The van der Waals surface area contributed by atoms with Crippen molar-refractivity contribution in [2.24, 2.45) is 0 Å². The first kappa shape index (κ1) is 23.8.